The van der Waals surface area contributed by atoms with Crippen molar-refractivity contribution in [3.05, 3.63) is 71.7 Å². The van der Waals surface area contributed by atoms with Crippen molar-refractivity contribution >= 4 is 22.6 Å². The van der Waals surface area contributed by atoms with Gasteiger partial charge < -0.3 is 10.3 Å². The van der Waals surface area contributed by atoms with E-state index >= 15 is 0 Å². The summed E-state index contributed by atoms with van der Waals surface area (Å²) in [4.78, 5) is 15.7. The summed E-state index contributed by atoms with van der Waals surface area (Å²) >= 11 is 0. The molecule has 2 aromatic heterocycles. The third kappa shape index (κ3) is 3.37. The number of nitrogens with zero attached hydrogens (tertiary/aromatic N) is 2. The average Bonchev–Trinajstić information content (AvgIpc) is 3.26. The molecule has 1 saturated carbocycles. The van der Waals surface area contributed by atoms with E-state index in [1.165, 1.54) is 18.2 Å². The summed E-state index contributed by atoms with van der Waals surface area (Å²) in [5.41, 5.74) is 2.26. The van der Waals surface area contributed by atoms with Gasteiger partial charge in [0.2, 0.25) is 5.91 Å². The predicted octanol–water partition coefficient (Wildman–Crippen LogP) is 5.12. The van der Waals surface area contributed by atoms with Crippen molar-refractivity contribution in [3.8, 4) is 11.3 Å². The van der Waals surface area contributed by atoms with Crippen molar-refractivity contribution in [3.63, 3.8) is 0 Å². The molecule has 4 aromatic rings. The zero-order valence-corrected chi connectivity index (χ0v) is 16.6. The van der Waals surface area contributed by atoms with E-state index in [1.54, 1.807) is 36.1 Å². The summed E-state index contributed by atoms with van der Waals surface area (Å²) in [5.74, 6) is -1.51. The van der Waals surface area contributed by atoms with E-state index in [4.69, 9.17) is 0 Å². The number of H-pyrrole nitrogens is 1. The molecule has 31 heavy (non-hydrogen) atoms. The number of aromatic nitrogens is 3. The van der Waals surface area contributed by atoms with Gasteiger partial charge in [-0.25, -0.2) is 13.2 Å². The molecule has 0 saturated heterocycles. The lowest BCUT2D eigenvalue weighted by atomic mass is 9.70. The number of hydrogen-bond acceptors (Lipinski definition) is 2. The smallest absolute Gasteiger partial charge is 0.228 e. The molecule has 2 aromatic carbocycles. The van der Waals surface area contributed by atoms with Crippen LogP contribution in [0.2, 0.25) is 0 Å². The van der Waals surface area contributed by atoms with Gasteiger partial charge >= 0.3 is 0 Å². The van der Waals surface area contributed by atoms with Gasteiger partial charge in [0.25, 0.3) is 0 Å². The van der Waals surface area contributed by atoms with E-state index in [0.717, 1.165) is 11.6 Å². The van der Waals surface area contributed by atoms with E-state index in [2.05, 4.69) is 15.4 Å². The highest BCUT2D eigenvalue weighted by Gasteiger charge is 2.38. The molecule has 5 rings (SSSR count). The first-order valence-electron chi connectivity index (χ1n) is 9.96. The van der Waals surface area contributed by atoms with Crippen molar-refractivity contribution < 1.29 is 18.0 Å². The first-order valence-corrected chi connectivity index (χ1v) is 9.96. The summed E-state index contributed by atoms with van der Waals surface area (Å²) in [6, 6.07) is 9.71. The van der Waals surface area contributed by atoms with Gasteiger partial charge in [-0.05, 0) is 60.2 Å². The molecular formula is C23H19F3N4O. The molecule has 0 spiro atoms. The van der Waals surface area contributed by atoms with Gasteiger partial charge in [0.15, 0.2) is 0 Å². The predicted molar refractivity (Wildman–Crippen MR) is 111 cm³/mol. The highest BCUT2D eigenvalue weighted by atomic mass is 19.1. The highest BCUT2D eigenvalue weighted by Crippen LogP contribution is 2.48. The second kappa shape index (κ2) is 7.30. The molecule has 1 fully saturated rings. The van der Waals surface area contributed by atoms with Crippen LogP contribution in [-0.4, -0.2) is 20.7 Å². The topological polar surface area (TPSA) is 62.7 Å². The van der Waals surface area contributed by atoms with Crippen molar-refractivity contribution in [1.29, 1.82) is 0 Å². The Labute approximate surface area is 175 Å². The van der Waals surface area contributed by atoms with Gasteiger partial charge in [-0.15, -0.1) is 0 Å². The van der Waals surface area contributed by atoms with Crippen molar-refractivity contribution in [2.24, 2.45) is 13.0 Å². The van der Waals surface area contributed by atoms with Crippen molar-refractivity contribution in [2.75, 3.05) is 5.32 Å². The Kier molecular flexibility index (Phi) is 4.57. The maximum absolute atomic E-state index is 14.5. The molecule has 0 atom stereocenters. The minimum Gasteiger partial charge on any atom is -0.352 e. The second-order valence-corrected chi connectivity index (χ2v) is 7.93. The van der Waals surface area contributed by atoms with Gasteiger partial charge in [0.05, 0.1) is 17.4 Å². The molecule has 1 aliphatic rings. The lowest BCUT2D eigenvalue weighted by Crippen LogP contribution is -2.34. The molecular weight excluding hydrogens is 405 g/mol. The van der Waals surface area contributed by atoms with Crippen LogP contribution in [0.25, 0.3) is 22.2 Å². The number of halogens is 3. The Morgan fingerprint density at radius 1 is 1.10 bits per heavy atom. The fourth-order valence-electron chi connectivity index (χ4n) is 4.30. The van der Waals surface area contributed by atoms with Gasteiger partial charge in [-0.3, -0.25) is 9.48 Å². The van der Waals surface area contributed by atoms with E-state index in [1.807, 2.05) is 0 Å². The number of hydrogen-bond donors (Lipinski definition) is 2. The van der Waals surface area contributed by atoms with Crippen LogP contribution in [0.4, 0.5) is 19.0 Å². The van der Waals surface area contributed by atoms with Crippen molar-refractivity contribution in [2.45, 2.75) is 18.8 Å². The Morgan fingerprint density at radius 3 is 2.52 bits per heavy atom. The number of fused-ring (bicyclic) bond motifs is 1. The van der Waals surface area contributed by atoms with Gasteiger partial charge in [0.1, 0.15) is 23.3 Å². The van der Waals surface area contributed by atoms with Crippen LogP contribution in [-0.2, 0) is 11.8 Å². The Balaban J connectivity index is 1.48. The molecule has 1 aliphatic carbocycles. The third-order valence-electron chi connectivity index (χ3n) is 5.99. The normalized spacial score (nSPS) is 18.2. The number of carbonyl (C=O) groups is 1. The molecule has 0 radical (unpaired) electrons. The fourth-order valence-corrected chi connectivity index (χ4v) is 4.30. The maximum Gasteiger partial charge on any atom is 0.228 e. The van der Waals surface area contributed by atoms with Gasteiger partial charge in [0, 0.05) is 30.5 Å². The number of carbonyl (C=O) groups excluding carboxylic acids is 1. The van der Waals surface area contributed by atoms with E-state index in [-0.39, 0.29) is 29.1 Å². The van der Waals surface area contributed by atoms with Gasteiger partial charge in [-0.1, -0.05) is 0 Å². The van der Waals surface area contributed by atoms with Crippen LogP contribution >= 0.6 is 0 Å². The van der Waals surface area contributed by atoms with E-state index in [9.17, 15) is 18.0 Å². The summed E-state index contributed by atoms with van der Waals surface area (Å²) in [7, 11) is 1.74. The number of nitrogens with one attached hydrogen (secondary N) is 2. The monoisotopic (exact) mass is 424 g/mol. The van der Waals surface area contributed by atoms with Crippen LogP contribution < -0.4 is 5.32 Å². The maximum atomic E-state index is 14.5. The summed E-state index contributed by atoms with van der Waals surface area (Å²) in [6.07, 6.45) is 2.69. The number of rotatable bonds is 4. The summed E-state index contributed by atoms with van der Waals surface area (Å²) in [6.45, 7) is 0. The van der Waals surface area contributed by atoms with Gasteiger partial charge in [-0.2, -0.15) is 5.10 Å². The first kappa shape index (κ1) is 19.4. The van der Waals surface area contributed by atoms with E-state index in [0.29, 0.717) is 35.3 Å². The minimum atomic E-state index is -0.686. The standard InChI is InChI=1S/C23H19F3N4O/c1-30-19(6-7-27-30)28-23(31)14-8-13(9-14)20-17-10-16(25)11-18(26)22(17)29-21(20)12-2-4-15(24)5-3-12/h2-7,10-11,13-14,29H,8-9H2,1H3,(H,28,31)/t13-,14+. The summed E-state index contributed by atoms with van der Waals surface area (Å²) < 4.78 is 43.5. The number of aryl methyl sites for hydroxylation is 1. The van der Waals surface area contributed by atoms with Crippen LogP contribution in [0.15, 0.2) is 48.7 Å². The Hall–Kier alpha value is -3.55. The largest absolute Gasteiger partial charge is 0.352 e. The third-order valence-corrected chi connectivity index (χ3v) is 5.99. The SMILES string of the molecule is Cn1nccc1NC(=O)[C@H]1C[C@@H](c2c(-c3ccc(F)cc3)[nH]c3c(F)cc(F)cc32)C1. The van der Waals surface area contributed by atoms with Crippen LogP contribution in [0.3, 0.4) is 0 Å². The molecule has 158 valence electrons. The number of benzene rings is 2. The lowest BCUT2D eigenvalue weighted by Gasteiger charge is -2.35. The molecule has 1 amide bonds. The number of aromatic amines is 1. The molecule has 0 unspecified atom stereocenters. The van der Waals surface area contributed by atoms with Crippen molar-refractivity contribution in [1.82, 2.24) is 14.8 Å². The zero-order valence-electron chi connectivity index (χ0n) is 16.6. The quantitative estimate of drug-likeness (QED) is 0.478. The molecule has 5 nitrogen and oxygen atoms in total. The molecule has 8 heteroatoms. The number of amides is 1. The second-order valence-electron chi connectivity index (χ2n) is 7.93. The molecule has 0 aliphatic heterocycles. The molecule has 2 N–H and O–H groups in total. The summed E-state index contributed by atoms with van der Waals surface area (Å²) in [5, 5.41) is 7.34. The number of anilines is 1. The van der Waals surface area contributed by atoms with Crippen LogP contribution in [0.1, 0.15) is 24.3 Å². The molecule has 2 heterocycles. The Bertz CT molecular complexity index is 1290. The highest BCUT2D eigenvalue weighted by molar-refractivity contribution is 5.95. The van der Waals surface area contributed by atoms with Crippen LogP contribution in [0.5, 0.6) is 0 Å². The fraction of sp³-hybridized carbons (Fsp3) is 0.217. The zero-order chi connectivity index (χ0) is 21.7. The van der Waals surface area contributed by atoms with E-state index < -0.39 is 11.6 Å². The average molecular weight is 424 g/mol. The first-order chi connectivity index (χ1) is 14.9. The lowest BCUT2D eigenvalue weighted by molar-refractivity contribution is -0.122. The van der Waals surface area contributed by atoms with Crippen LogP contribution in [0, 0.1) is 23.4 Å². The minimum absolute atomic E-state index is 0.0581. The molecule has 0 bridgehead atoms. The Morgan fingerprint density at radius 2 is 1.84 bits per heavy atom.